The lowest BCUT2D eigenvalue weighted by molar-refractivity contribution is 0.737. The number of nitrogens with two attached hydrogens (primary N) is 1. The average Bonchev–Trinajstić information content (AvgIpc) is 2.83. The summed E-state index contributed by atoms with van der Waals surface area (Å²) in [7, 11) is 0. The molecule has 3 rings (SSSR count). The second-order valence-corrected chi connectivity index (χ2v) is 7.21. The van der Waals surface area contributed by atoms with Crippen LogP contribution in [-0.4, -0.2) is 11.0 Å². The number of nitrogens with one attached hydrogen (secondary N) is 1. The molecule has 0 aliphatic rings. The summed E-state index contributed by atoms with van der Waals surface area (Å²) in [5.74, 6) is 0. The van der Waals surface area contributed by atoms with Crippen LogP contribution in [-0.2, 0) is 6.42 Å². The Balaban J connectivity index is 1.84. The Bertz CT molecular complexity index is 731. The smallest absolute Gasteiger partial charge is 0.0781 e. The standard InChI is InChI=1S/C17H17BrN2S/c1-11(19)8-12-6-7-16(14(18)9-12)21-17-10-13-4-2-3-5-15(13)20-17/h2-7,9-11,20H,8,19H2,1H3. The van der Waals surface area contributed by atoms with Crippen LogP contribution in [0.4, 0.5) is 0 Å². The summed E-state index contributed by atoms with van der Waals surface area (Å²) in [6, 6.07) is 17.2. The van der Waals surface area contributed by atoms with Gasteiger partial charge in [0, 0.05) is 26.3 Å². The second-order valence-electron chi connectivity index (χ2n) is 5.27. The highest BCUT2D eigenvalue weighted by Gasteiger charge is 2.07. The van der Waals surface area contributed by atoms with E-state index in [9.17, 15) is 0 Å². The third kappa shape index (κ3) is 3.51. The van der Waals surface area contributed by atoms with Crippen LogP contribution in [0.2, 0.25) is 0 Å². The fourth-order valence-corrected chi connectivity index (χ4v) is 3.89. The molecule has 0 bridgehead atoms. The lowest BCUT2D eigenvalue weighted by atomic mass is 10.1. The van der Waals surface area contributed by atoms with Crippen molar-refractivity contribution in [1.82, 2.24) is 4.98 Å². The van der Waals surface area contributed by atoms with Crippen molar-refractivity contribution in [2.24, 2.45) is 5.73 Å². The van der Waals surface area contributed by atoms with Gasteiger partial charge >= 0.3 is 0 Å². The molecule has 1 unspecified atom stereocenters. The first-order chi connectivity index (χ1) is 10.1. The predicted molar refractivity (Wildman–Crippen MR) is 93.9 cm³/mol. The minimum Gasteiger partial charge on any atom is -0.349 e. The maximum absolute atomic E-state index is 5.85. The number of hydrogen-bond donors (Lipinski definition) is 2. The van der Waals surface area contributed by atoms with Gasteiger partial charge in [0.15, 0.2) is 0 Å². The van der Waals surface area contributed by atoms with Crippen LogP contribution in [0.5, 0.6) is 0 Å². The van der Waals surface area contributed by atoms with Crippen LogP contribution >= 0.6 is 27.7 Å². The Labute approximate surface area is 137 Å². The molecular weight excluding hydrogens is 344 g/mol. The second kappa shape index (κ2) is 6.26. The average molecular weight is 361 g/mol. The molecule has 4 heteroatoms. The summed E-state index contributed by atoms with van der Waals surface area (Å²) in [5.41, 5.74) is 8.29. The van der Waals surface area contributed by atoms with Gasteiger partial charge in [0.1, 0.15) is 0 Å². The van der Waals surface area contributed by atoms with Crippen molar-refractivity contribution in [3.63, 3.8) is 0 Å². The molecule has 21 heavy (non-hydrogen) atoms. The molecule has 1 atom stereocenters. The lowest BCUT2D eigenvalue weighted by Crippen LogP contribution is -2.17. The zero-order valence-corrected chi connectivity index (χ0v) is 14.2. The first-order valence-electron chi connectivity index (χ1n) is 6.91. The molecule has 0 amide bonds. The monoisotopic (exact) mass is 360 g/mol. The van der Waals surface area contributed by atoms with Gasteiger partial charge in [-0.15, -0.1) is 0 Å². The van der Waals surface area contributed by atoms with Crippen LogP contribution in [0, 0.1) is 0 Å². The van der Waals surface area contributed by atoms with E-state index in [1.165, 1.54) is 21.4 Å². The Morgan fingerprint density at radius 2 is 2.00 bits per heavy atom. The molecule has 0 aliphatic carbocycles. The van der Waals surface area contributed by atoms with Gasteiger partial charge in [0.2, 0.25) is 0 Å². The number of aromatic nitrogens is 1. The van der Waals surface area contributed by atoms with Gasteiger partial charge in [-0.25, -0.2) is 0 Å². The van der Waals surface area contributed by atoms with E-state index in [4.69, 9.17) is 5.73 Å². The molecule has 0 aliphatic heterocycles. The summed E-state index contributed by atoms with van der Waals surface area (Å²) < 4.78 is 1.12. The fraction of sp³-hybridized carbons (Fsp3) is 0.176. The number of para-hydroxylation sites is 1. The summed E-state index contributed by atoms with van der Waals surface area (Å²) in [6.07, 6.45) is 0.899. The van der Waals surface area contributed by atoms with Gasteiger partial charge in [0.25, 0.3) is 0 Å². The number of hydrogen-bond acceptors (Lipinski definition) is 2. The minimum absolute atomic E-state index is 0.184. The molecule has 3 aromatic rings. The summed E-state index contributed by atoms with van der Waals surface area (Å²) in [4.78, 5) is 4.64. The molecule has 0 radical (unpaired) electrons. The maximum atomic E-state index is 5.85. The normalized spacial score (nSPS) is 12.7. The number of H-pyrrole nitrogens is 1. The highest BCUT2D eigenvalue weighted by Crippen LogP contribution is 2.35. The van der Waals surface area contributed by atoms with Gasteiger partial charge in [-0.2, -0.15) is 0 Å². The van der Waals surface area contributed by atoms with Gasteiger partial charge in [0.05, 0.1) is 5.03 Å². The van der Waals surface area contributed by atoms with Gasteiger partial charge in [-0.3, -0.25) is 0 Å². The van der Waals surface area contributed by atoms with E-state index >= 15 is 0 Å². The summed E-state index contributed by atoms with van der Waals surface area (Å²) >= 11 is 5.40. The lowest BCUT2D eigenvalue weighted by Gasteiger charge is -2.08. The van der Waals surface area contributed by atoms with E-state index < -0.39 is 0 Å². The molecule has 2 aromatic carbocycles. The van der Waals surface area contributed by atoms with Crippen molar-refractivity contribution in [3.05, 3.63) is 58.6 Å². The third-order valence-corrected chi connectivity index (χ3v) is 5.21. The molecule has 0 spiro atoms. The Morgan fingerprint density at radius 1 is 1.19 bits per heavy atom. The van der Waals surface area contributed by atoms with Crippen LogP contribution in [0.3, 0.4) is 0 Å². The topological polar surface area (TPSA) is 41.8 Å². The summed E-state index contributed by atoms with van der Waals surface area (Å²) in [6.45, 7) is 2.03. The number of aromatic amines is 1. The summed E-state index contributed by atoms with van der Waals surface area (Å²) in [5, 5.41) is 2.39. The van der Waals surface area contributed by atoms with Crippen molar-refractivity contribution in [2.45, 2.75) is 29.3 Å². The zero-order valence-electron chi connectivity index (χ0n) is 11.8. The van der Waals surface area contributed by atoms with Gasteiger partial charge < -0.3 is 10.7 Å². The van der Waals surface area contributed by atoms with Gasteiger partial charge in [-0.05, 0) is 59.1 Å². The van der Waals surface area contributed by atoms with Crippen LogP contribution in [0.25, 0.3) is 10.9 Å². The number of fused-ring (bicyclic) bond motifs is 1. The van der Waals surface area contributed by atoms with Crippen LogP contribution < -0.4 is 5.73 Å². The molecule has 1 heterocycles. The van der Waals surface area contributed by atoms with Crippen molar-refractivity contribution in [3.8, 4) is 0 Å². The Morgan fingerprint density at radius 3 is 2.71 bits per heavy atom. The Kier molecular flexibility index (Phi) is 4.38. The van der Waals surface area contributed by atoms with E-state index in [-0.39, 0.29) is 6.04 Å². The van der Waals surface area contributed by atoms with Gasteiger partial charge in [-0.1, -0.05) is 36.0 Å². The van der Waals surface area contributed by atoms with Crippen molar-refractivity contribution >= 4 is 38.6 Å². The SMILES string of the molecule is CC(N)Cc1ccc(Sc2cc3ccccc3[nH]2)c(Br)c1. The molecule has 0 saturated carbocycles. The largest absolute Gasteiger partial charge is 0.349 e. The van der Waals surface area contributed by atoms with E-state index in [0.29, 0.717) is 0 Å². The molecular formula is C17H17BrN2S. The molecule has 1 aromatic heterocycles. The molecule has 0 saturated heterocycles. The zero-order chi connectivity index (χ0) is 14.8. The van der Waals surface area contributed by atoms with Crippen molar-refractivity contribution < 1.29 is 0 Å². The van der Waals surface area contributed by atoms with E-state index in [1.807, 2.05) is 13.0 Å². The quantitative estimate of drug-likeness (QED) is 0.689. The predicted octanol–water partition coefficient (Wildman–Crippen LogP) is 4.97. The number of halogens is 1. The van der Waals surface area contributed by atoms with Crippen LogP contribution in [0.1, 0.15) is 12.5 Å². The fourth-order valence-electron chi connectivity index (χ4n) is 2.35. The molecule has 108 valence electrons. The minimum atomic E-state index is 0.184. The number of rotatable bonds is 4. The van der Waals surface area contributed by atoms with E-state index in [2.05, 4.69) is 63.4 Å². The molecule has 0 fully saturated rings. The molecule has 3 N–H and O–H groups in total. The van der Waals surface area contributed by atoms with Crippen molar-refractivity contribution in [2.75, 3.05) is 0 Å². The Hall–Kier alpha value is -1.23. The first kappa shape index (κ1) is 14.7. The van der Waals surface area contributed by atoms with Crippen molar-refractivity contribution in [1.29, 1.82) is 0 Å². The maximum Gasteiger partial charge on any atom is 0.0781 e. The highest BCUT2D eigenvalue weighted by molar-refractivity contribution is 9.10. The molecule has 2 nitrogen and oxygen atoms in total. The highest BCUT2D eigenvalue weighted by atomic mass is 79.9. The third-order valence-electron chi connectivity index (χ3n) is 3.28. The van der Waals surface area contributed by atoms with Crippen LogP contribution in [0.15, 0.2) is 62.9 Å². The van der Waals surface area contributed by atoms with E-state index in [0.717, 1.165) is 15.9 Å². The van der Waals surface area contributed by atoms with E-state index in [1.54, 1.807) is 11.8 Å². The first-order valence-corrected chi connectivity index (χ1v) is 8.52. The number of benzene rings is 2.